The minimum absolute atomic E-state index is 0.0847. The fraction of sp³-hybridized carbons (Fsp3) is 0.500. The summed E-state index contributed by atoms with van der Waals surface area (Å²) in [5, 5.41) is 0. The highest BCUT2D eigenvalue weighted by Gasteiger charge is 2.13. The molecule has 1 heterocycles. The van der Waals surface area contributed by atoms with Crippen LogP contribution >= 0.6 is 0 Å². The summed E-state index contributed by atoms with van der Waals surface area (Å²) in [6.07, 6.45) is 2.32. The maximum Gasteiger partial charge on any atom is 0.330 e. The Hall–Kier alpha value is -1.65. The highest BCUT2D eigenvalue weighted by Crippen LogP contribution is 1.98. The van der Waals surface area contributed by atoms with Crippen molar-refractivity contribution in [2.75, 3.05) is 0 Å². The summed E-state index contributed by atoms with van der Waals surface area (Å²) >= 11 is 0. The van der Waals surface area contributed by atoms with Crippen molar-refractivity contribution in [1.82, 2.24) is 9.13 Å². The van der Waals surface area contributed by atoms with Crippen molar-refractivity contribution in [2.45, 2.75) is 19.8 Å². The molecular weight excluding hydrogens is 196 g/mol. The quantitative estimate of drug-likeness (QED) is 0.663. The van der Waals surface area contributed by atoms with E-state index >= 15 is 0 Å². The molecule has 0 spiro atoms. The first-order valence-electron chi connectivity index (χ1n) is 4.79. The highest BCUT2D eigenvalue weighted by atomic mass is 16.2. The minimum atomic E-state index is -0.517. The number of rotatable bonds is 3. The molecule has 0 atom stereocenters. The lowest BCUT2D eigenvalue weighted by Crippen LogP contribution is -2.39. The predicted molar refractivity (Wildman–Crippen MR) is 56.2 cm³/mol. The number of aryl methyl sites for hydroxylation is 1. The zero-order chi connectivity index (χ0) is 11.6. The second kappa shape index (κ2) is 4.25. The molecule has 0 saturated heterocycles. The van der Waals surface area contributed by atoms with Crippen molar-refractivity contribution < 1.29 is 4.79 Å². The summed E-state index contributed by atoms with van der Waals surface area (Å²) in [6.45, 7) is 1.87. The van der Waals surface area contributed by atoms with E-state index < -0.39 is 11.2 Å². The molecule has 0 amide bonds. The Kier molecular flexibility index (Phi) is 3.24. The minimum Gasteiger partial charge on any atom is -0.303 e. The predicted octanol–water partition coefficient (Wildman–Crippen LogP) is 0.0668. The van der Waals surface area contributed by atoms with Gasteiger partial charge in [0.25, 0.3) is 5.56 Å². The van der Waals surface area contributed by atoms with E-state index in [-0.39, 0.29) is 11.3 Å². The Morgan fingerprint density at radius 1 is 1.33 bits per heavy atom. The monoisotopic (exact) mass is 210 g/mol. The van der Waals surface area contributed by atoms with Crippen molar-refractivity contribution >= 4 is 5.78 Å². The fourth-order valence-electron chi connectivity index (χ4n) is 1.36. The third-order valence-electron chi connectivity index (χ3n) is 2.22. The third kappa shape index (κ3) is 2.06. The molecule has 0 unspecified atom stereocenters. The van der Waals surface area contributed by atoms with Crippen molar-refractivity contribution in [1.29, 1.82) is 0 Å². The summed E-state index contributed by atoms with van der Waals surface area (Å²) in [5.74, 6) is -0.214. The molecule has 1 aromatic heterocycles. The summed E-state index contributed by atoms with van der Waals surface area (Å²) in [4.78, 5) is 34.5. The first-order valence-corrected chi connectivity index (χ1v) is 4.79. The number of carbonyl (C=O) groups is 1. The van der Waals surface area contributed by atoms with Crippen molar-refractivity contribution in [2.24, 2.45) is 14.1 Å². The molecule has 0 aliphatic carbocycles. The maximum atomic E-state index is 11.6. The molecule has 82 valence electrons. The Morgan fingerprint density at radius 2 is 1.93 bits per heavy atom. The largest absolute Gasteiger partial charge is 0.330 e. The molecule has 5 nitrogen and oxygen atoms in total. The Morgan fingerprint density at radius 3 is 2.47 bits per heavy atom. The van der Waals surface area contributed by atoms with Gasteiger partial charge in [0, 0.05) is 26.7 Å². The van der Waals surface area contributed by atoms with E-state index in [1.165, 1.54) is 24.9 Å². The molecule has 0 aliphatic rings. The van der Waals surface area contributed by atoms with Crippen LogP contribution in [0.5, 0.6) is 0 Å². The van der Waals surface area contributed by atoms with Crippen molar-refractivity contribution in [3.05, 3.63) is 32.6 Å². The van der Waals surface area contributed by atoms with E-state index in [0.29, 0.717) is 12.8 Å². The Bertz CT molecular complexity index is 496. The number of ketones is 1. The van der Waals surface area contributed by atoms with Crippen molar-refractivity contribution in [3.8, 4) is 0 Å². The van der Waals surface area contributed by atoms with Crippen LogP contribution < -0.4 is 11.2 Å². The molecular formula is C10H14N2O3. The summed E-state index contributed by atoms with van der Waals surface area (Å²) in [6, 6.07) is 0. The van der Waals surface area contributed by atoms with E-state index in [9.17, 15) is 14.4 Å². The van der Waals surface area contributed by atoms with Crippen LogP contribution in [-0.4, -0.2) is 14.9 Å². The highest BCUT2D eigenvalue weighted by molar-refractivity contribution is 5.95. The lowest BCUT2D eigenvalue weighted by molar-refractivity contribution is 0.0978. The van der Waals surface area contributed by atoms with Crippen LogP contribution in [-0.2, 0) is 14.1 Å². The van der Waals surface area contributed by atoms with Gasteiger partial charge in [0.1, 0.15) is 0 Å². The molecule has 0 fully saturated rings. The molecule has 0 bridgehead atoms. The summed E-state index contributed by atoms with van der Waals surface area (Å²) < 4.78 is 2.19. The van der Waals surface area contributed by atoms with Gasteiger partial charge in [-0.05, 0) is 6.42 Å². The van der Waals surface area contributed by atoms with Gasteiger partial charge >= 0.3 is 5.69 Å². The van der Waals surface area contributed by atoms with Gasteiger partial charge in [0.2, 0.25) is 0 Å². The Balaban J connectivity index is 3.39. The van der Waals surface area contributed by atoms with Crippen LogP contribution in [0.2, 0.25) is 0 Å². The molecule has 0 aliphatic heterocycles. The van der Waals surface area contributed by atoms with E-state index in [1.54, 1.807) is 0 Å². The van der Waals surface area contributed by atoms with Gasteiger partial charge in [-0.3, -0.25) is 14.2 Å². The molecule has 0 saturated carbocycles. The van der Waals surface area contributed by atoms with E-state index in [1.807, 2.05) is 6.92 Å². The van der Waals surface area contributed by atoms with Crippen LogP contribution in [0, 0.1) is 0 Å². The van der Waals surface area contributed by atoms with Gasteiger partial charge in [-0.15, -0.1) is 0 Å². The lowest BCUT2D eigenvalue weighted by atomic mass is 10.1. The topological polar surface area (TPSA) is 61.1 Å². The van der Waals surface area contributed by atoms with Crippen molar-refractivity contribution in [3.63, 3.8) is 0 Å². The molecule has 1 rings (SSSR count). The number of Topliss-reactive ketones (excluding diaryl/α,β-unsaturated/α-hetero) is 1. The van der Waals surface area contributed by atoms with E-state index in [0.717, 1.165) is 4.57 Å². The van der Waals surface area contributed by atoms with Gasteiger partial charge in [0.05, 0.1) is 5.56 Å². The average Bonchev–Trinajstić information content (AvgIpc) is 2.20. The third-order valence-corrected chi connectivity index (χ3v) is 2.22. The Labute approximate surface area is 87.0 Å². The second-order valence-electron chi connectivity index (χ2n) is 3.47. The number of carbonyl (C=O) groups excluding carboxylic acids is 1. The van der Waals surface area contributed by atoms with Crippen LogP contribution in [0.4, 0.5) is 0 Å². The second-order valence-corrected chi connectivity index (χ2v) is 3.47. The zero-order valence-electron chi connectivity index (χ0n) is 9.11. The molecule has 15 heavy (non-hydrogen) atoms. The molecule has 5 heteroatoms. The maximum absolute atomic E-state index is 11.6. The standard InChI is InChI=1S/C10H14N2O3/c1-4-5-8(13)7-6-11(2)10(15)12(3)9(7)14/h6H,4-5H2,1-3H3. The SMILES string of the molecule is CCCC(=O)c1cn(C)c(=O)n(C)c1=O. The molecule has 0 radical (unpaired) electrons. The van der Waals surface area contributed by atoms with Crippen LogP contribution in [0.25, 0.3) is 0 Å². The van der Waals surface area contributed by atoms with Crippen LogP contribution in [0.1, 0.15) is 30.1 Å². The first-order chi connectivity index (χ1) is 6.99. The van der Waals surface area contributed by atoms with Crippen LogP contribution in [0.3, 0.4) is 0 Å². The van der Waals surface area contributed by atoms with E-state index in [2.05, 4.69) is 0 Å². The number of hydrogen-bond acceptors (Lipinski definition) is 3. The number of nitrogens with zero attached hydrogens (tertiary/aromatic N) is 2. The van der Waals surface area contributed by atoms with Gasteiger partial charge in [-0.25, -0.2) is 4.79 Å². The van der Waals surface area contributed by atoms with Gasteiger partial charge in [0.15, 0.2) is 5.78 Å². The first kappa shape index (κ1) is 11.4. The molecule has 0 aromatic carbocycles. The van der Waals surface area contributed by atoms with Gasteiger partial charge < -0.3 is 4.57 Å². The van der Waals surface area contributed by atoms with Gasteiger partial charge in [-0.1, -0.05) is 6.92 Å². The lowest BCUT2D eigenvalue weighted by Gasteiger charge is -2.04. The zero-order valence-corrected chi connectivity index (χ0v) is 9.11. The molecule has 0 N–H and O–H groups in total. The van der Waals surface area contributed by atoms with E-state index in [4.69, 9.17) is 0 Å². The average molecular weight is 210 g/mol. The number of aromatic nitrogens is 2. The summed E-state index contributed by atoms with van der Waals surface area (Å²) in [5.41, 5.74) is -0.856. The smallest absolute Gasteiger partial charge is 0.303 e. The fourth-order valence-corrected chi connectivity index (χ4v) is 1.36. The normalized spacial score (nSPS) is 10.3. The number of hydrogen-bond donors (Lipinski definition) is 0. The van der Waals surface area contributed by atoms with Gasteiger partial charge in [-0.2, -0.15) is 0 Å². The van der Waals surface area contributed by atoms with Crippen LogP contribution in [0.15, 0.2) is 15.8 Å². The molecule has 1 aromatic rings. The summed E-state index contributed by atoms with van der Waals surface area (Å²) in [7, 11) is 2.89.